The molecule has 1 aliphatic rings. The molecule has 108 valence electrons. The van der Waals surface area contributed by atoms with Crippen molar-refractivity contribution in [1.82, 2.24) is 4.90 Å². The lowest BCUT2D eigenvalue weighted by atomic mass is 10.2. The standard InChI is InChI=1S/C13H15ClN2O4/c1-7-2-3-10(9(14)4-7)15-13(20)16-6-8(17)5-11(16)12(18)19/h2-4,8,11,17H,5-6H2,1H3,(H,15,20)(H,18,19)/t8-,11-/m1/s1. The molecule has 2 atom stereocenters. The summed E-state index contributed by atoms with van der Waals surface area (Å²) in [5.74, 6) is -1.13. The number of hydrogen-bond acceptors (Lipinski definition) is 3. The third-order valence-corrected chi connectivity index (χ3v) is 3.50. The van der Waals surface area contributed by atoms with Gasteiger partial charge in [0.2, 0.25) is 0 Å². The minimum Gasteiger partial charge on any atom is -0.480 e. The number of aliphatic hydroxyl groups is 1. The Balaban J connectivity index is 2.13. The number of carboxylic acid groups (broad SMARTS) is 1. The van der Waals surface area contributed by atoms with Gasteiger partial charge >= 0.3 is 12.0 Å². The van der Waals surface area contributed by atoms with Crippen LogP contribution >= 0.6 is 11.6 Å². The van der Waals surface area contributed by atoms with Crippen LogP contribution in [0, 0.1) is 6.92 Å². The smallest absolute Gasteiger partial charge is 0.326 e. The lowest BCUT2D eigenvalue weighted by Gasteiger charge is -2.22. The molecular formula is C13H15ClN2O4. The van der Waals surface area contributed by atoms with E-state index in [0.717, 1.165) is 10.5 Å². The molecule has 0 radical (unpaired) electrons. The van der Waals surface area contributed by atoms with Gasteiger partial charge in [-0.2, -0.15) is 0 Å². The highest BCUT2D eigenvalue weighted by atomic mass is 35.5. The molecule has 1 aliphatic heterocycles. The molecule has 0 aromatic heterocycles. The van der Waals surface area contributed by atoms with Crippen LogP contribution in [0.3, 0.4) is 0 Å². The van der Waals surface area contributed by atoms with Crippen molar-refractivity contribution in [2.75, 3.05) is 11.9 Å². The highest BCUT2D eigenvalue weighted by molar-refractivity contribution is 6.33. The first kappa shape index (κ1) is 14.6. The number of aryl methyl sites for hydroxylation is 1. The maximum absolute atomic E-state index is 12.1. The molecule has 0 aliphatic carbocycles. The molecule has 1 aromatic rings. The second-order valence-corrected chi connectivity index (χ2v) is 5.22. The third kappa shape index (κ3) is 3.02. The lowest BCUT2D eigenvalue weighted by molar-refractivity contribution is -0.141. The number of nitrogens with zero attached hydrogens (tertiary/aromatic N) is 1. The molecule has 1 fully saturated rings. The average Bonchev–Trinajstić information content (AvgIpc) is 2.75. The zero-order chi connectivity index (χ0) is 14.9. The van der Waals surface area contributed by atoms with Crippen molar-refractivity contribution in [3.8, 4) is 0 Å². The van der Waals surface area contributed by atoms with Gasteiger partial charge in [0.15, 0.2) is 0 Å². The number of benzene rings is 1. The van der Waals surface area contributed by atoms with Gasteiger partial charge in [-0.25, -0.2) is 9.59 Å². The number of carbonyl (C=O) groups is 2. The van der Waals surface area contributed by atoms with E-state index in [9.17, 15) is 14.7 Å². The molecule has 0 spiro atoms. The summed E-state index contributed by atoms with van der Waals surface area (Å²) in [7, 11) is 0. The van der Waals surface area contributed by atoms with Gasteiger partial charge < -0.3 is 20.4 Å². The quantitative estimate of drug-likeness (QED) is 0.775. The Labute approximate surface area is 121 Å². The van der Waals surface area contributed by atoms with Crippen LogP contribution in [-0.4, -0.2) is 45.8 Å². The maximum Gasteiger partial charge on any atom is 0.326 e. The fourth-order valence-corrected chi connectivity index (χ4v) is 2.46. The van der Waals surface area contributed by atoms with Crippen molar-refractivity contribution in [2.24, 2.45) is 0 Å². The number of likely N-dealkylation sites (tertiary alicyclic amines) is 1. The summed E-state index contributed by atoms with van der Waals surface area (Å²) in [6.45, 7) is 1.86. The number of anilines is 1. The number of halogens is 1. The second-order valence-electron chi connectivity index (χ2n) is 4.81. The average molecular weight is 299 g/mol. The highest BCUT2D eigenvalue weighted by Gasteiger charge is 2.39. The predicted octanol–water partition coefficient (Wildman–Crippen LogP) is 1.70. The summed E-state index contributed by atoms with van der Waals surface area (Å²) >= 11 is 6.01. The van der Waals surface area contributed by atoms with Gasteiger partial charge in [-0.1, -0.05) is 17.7 Å². The molecule has 7 heteroatoms. The van der Waals surface area contributed by atoms with E-state index in [2.05, 4.69) is 5.32 Å². The number of carboxylic acids is 1. The SMILES string of the molecule is Cc1ccc(NC(=O)N2C[C@H](O)C[C@@H]2C(=O)O)c(Cl)c1. The van der Waals surface area contributed by atoms with Gasteiger partial charge in [0.05, 0.1) is 16.8 Å². The lowest BCUT2D eigenvalue weighted by Crippen LogP contribution is -2.43. The van der Waals surface area contributed by atoms with Crippen molar-refractivity contribution in [3.05, 3.63) is 28.8 Å². The number of rotatable bonds is 2. The first-order valence-corrected chi connectivity index (χ1v) is 6.51. The normalized spacial score (nSPS) is 21.9. The van der Waals surface area contributed by atoms with Crippen LogP contribution in [0.25, 0.3) is 0 Å². The summed E-state index contributed by atoms with van der Waals surface area (Å²) in [5.41, 5.74) is 1.36. The Morgan fingerprint density at radius 2 is 2.15 bits per heavy atom. The summed E-state index contributed by atoms with van der Waals surface area (Å²) in [4.78, 5) is 24.3. The monoisotopic (exact) mass is 298 g/mol. The Kier molecular flexibility index (Phi) is 4.15. The summed E-state index contributed by atoms with van der Waals surface area (Å²) in [5, 5.41) is 21.5. The van der Waals surface area contributed by atoms with Crippen molar-refractivity contribution in [1.29, 1.82) is 0 Å². The van der Waals surface area contributed by atoms with Gasteiger partial charge in [-0.05, 0) is 24.6 Å². The van der Waals surface area contributed by atoms with Gasteiger partial charge in [0, 0.05) is 13.0 Å². The molecule has 0 unspecified atom stereocenters. The first-order chi connectivity index (χ1) is 9.38. The van der Waals surface area contributed by atoms with Crippen LogP contribution in [0.4, 0.5) is 10.5 Å². The fourth-order valence-electron chi connectivity index (χ4n) is 2.18. The molecule has 2 rings (SSSR count). The summed E-state index contributed by atoms with van der Waals surface area (Å²) in [6.07, 6.45) is -0.792. The number of aliphatic carboxylic acids is 1. The van der Waals surface area contributed by atoms with Crippen LogP contribution in [0.1, 0.15) is 12.0 Å². The van der Waals surface area contributed by atoms with Gasteiger partial charge in [0.25, 0.3) is 0 Å². The number of aliphatic hydroxyl groups excluding tert-OH is 1. The molecule has 0 saturated carbocycles. The van der Waals surface area contributed by atoms with E-state index in [4.69, 9.17) is 16.7 Å². The molecule has 1 heterocycles. The van der Waals surface area contributed by atoms with Crippen LogP contribution in [0.5, 0.6) is 0 Å². The Bertz CT molecular complexity index is 549. The predicted molar refractivity (Wildman–Crippen MR) is 74.0 cm³/mol. The highest BCUT2D eigenvalue weighted by Crippen LogP contribution is 2.25. The van der Waals surface area contributed by atoms with Crippen molar-refractivity contribution in [3.63, 3.8) is 0 Å². The van der Waals surface area contributed by atoms with Crippen molar-refractivity contribution < 1.29 is 19.8 Å². The van der Waals surface area contributed by atoms with E-state index < -0.39 is 24.1 Å². The summed E-state index contributed by atoms with van der Waals surface area (Å²) in [6, 6.07) is 3.53. The van der Waals surface area contributed by atoms with E-state index >= 15 is 0 Å². The number of amides is 2. The van der Waals surface area contributed by atoms with E-state index in [0.29, 0.717) is 10.7 Å². The number of urea groups is 1. The molecule has 0 bridgehead atoms. The molecule has 6 nitrogen and oxygen atoms in total. The first-order valence-electron chi connectivity index (χ1n) is 6.13. The van der Waals surface area contributed by atoms with Gasteiger partial charge in [-0.3, -0.25) is 0 Å². The maximum atomic E-state index is 12.1. The minimum absolute atomic E-state index is 0.00766. The Morgan fingerprint density at radius 1 is 1.45 bits per heavy atom. The summed E-state index contributed by atoms with van der Waals surface area (Å²) < 4.78 is 0. The van der Waals surface area contributed by atoms with Crippen LogP contribution in [0.15, 0.2) is 18.2 Å². The molecule has 20 heavy (non-hydrogen) atoms. The third-order valence-electron chi connectivity index (χ3n) is 3.19. The van der Waals surface area contributed by atoms with E-state index in [-0.39, 0.29) is 13.0 Å². The number of carbonyl (C=O) groups excluding carboxylic acids is 1. The molecular weight excluding hydrogens is 284 g/mol. The zero-order valence-electron chi connectivity index (χ0n) is 10.8. The minimum atomic E-state index is -1.13. The zero-order valence-corrected chi connectivity index (χ0v) is 11.6. The van der Waals surface area contributed by atoms with Gasteiger partial charge in [0.1, 0.15) is 6.04 Å². The van der Waals surface area contributed by atoms with Crippen molar-refractivity contribution >= 4 is 29.3 Å². The van der Waals surface area contributed by atoms with Crippen molar-refractivity contribution in [2.45, 2.75) is 25.5 Å². The van der Waals surface area contributed by atoms with E-state index in [1.54, 1.807) is 18.2 Å². The topological polar surface area (TPSA) is 89.9 Å². The molecule has 1 aromatic carbocycles. The van der Waals surface area contributed by atoms with E-state index in [1.807, 2.05) is 6.92 Å². The Hall–Kier alpha value is -1.79. The van der Waals surface area contributed by atoms with Crippen LogP contribution in [-0.2, 0) is 4.79 Å². The molecule has 2 amide bonds. The van der Waals surface area contributed by atoms with Crippen LogP contribution < -0.4 is 5.32 Å². The Morgan fingerprint density at radius 3 is 2.75 bits per heavy atom. The van der Waals surface area contributed by atoms with Gasteiger partial charge in [-0.15, -0.1) is 0 Å². The number of nitrogens with one attached hydrogen (secondary N) is 1. The van der Waals surface area contributed by atoms with E-state index in [1.165, 1.54) is 0 Å². The largest absolute Gasteiger partial charge is 0.480 e. The number of β-amino-alcohol motifs (C(OH)–C–C–N with tert-alkyl or cyclic N) is 1. The molecule has 3 N–H and O–H groups in total. The molecule has 1 saturated heterocycles. The fraction of sp³-hybridized carbons (Fsp3) is 0.385. The second kappa shape index (κ2) is 5.68. The number of hydrogen-bond donors (Lipinski definition) is 3. The van der Waals surface area contributed by atoms with Crippen LogP contribution in [0.2, 0.25) is 5.02 Å².